The first-order valence-electron chi connectivity index (χ1n) is 5.19. The molecular formula is C12H10ClF2N3. The highest BCUT2D eigenvalue weighted by atomic mass is 35.5. The first kappa shape index (κ1) is 12.7. The van der Waals surface area contributed by atoms with Gasteiger partial charge in [0.2, 0.25) is 0 Å². The SMILES string of the molecule is Cc1ccc(F)c(Nc2ncnc(Cl)c2C)c1F. The molecular weight excluding hydrogens is 260 g/mol. The van der Waals surface area contributed by atoms with Crippen molar-refractivity contribution in [3.05, 3.63) is 46.4 Å². The van der Waals surface area contributed by atoms with Crippen LogP contribution < -0.4 is 5.32 Å². The number of rotatable bonds is 2. The zero-order valence-corrected chi connectivity index (χ0v) is 10.5. The number of hydrogen-bond acceptors (Lipinski definition) is 3. The van der Waals surface area contributed by atoms with Gasteiger partial charge < -0.3 is 5.32 Å². The van der Waals surface area contributed by atoms with Gasteiger partial charge in [0.15, 0.2) is 5.82 Å². The Labute approximate surface area is 108 Å². The van der Waals surface area contributed by atoms with Gasteiger partial charge >= 0.3 is 0 Å². The van der Waals surface area contributed by atoms with Gasteiger partial charge in [-0.3, -0.25) is 0 Å². The van der Waals surface area contributed by atoms with Crippen LogP contribution in [0, 0.1) is 25.5 Å². The highest BCUT2D eigenvalue weighted by Gasteiger charge is 2.14. The van der Waals surface area contributed by atoms with Gasteiger partial charge in [-0.15, -0.1) is 0 Å². The molecule has 3 nitrogen and oxygen atoms in total. The molecule has 0 spiro atoms. The summed E-state index contributed by atoms with van der Waals surface area (Å²) in [6.45, 7) is 3.22. The molecule has 0 fully saturated rings. The lowest BCUT2D eigenvalue weighted by molar-refractivity contribution is 0.584. The third kappa shape index (κ3) is 2.26. The predicted molar refractivity (Wildman–Crippen MR) is 66.2 cm³/mol. The average Bonchev–Trinajstić information content (AvgIpc) is 2.35. The van der Waals surface area contributed by atoms with Crippen LogP contribution in [0.3, 0.4) is 0 Å². The van der Waals surface area contributed by atoms with E-state index in [0.29, 0.717) is 11.1 Å². The van der Waals surface area contributed by atoms with Crippen LogP contribution in [-0.4, -0.2) is 9.97 Å². The van der Waals surface area contributed by atoms with Crippen molar-refractivity contribution in [3.63, 3.8) is 0 Å². The number of nitrogens with one attached hydrogen (secondary N) is 1. The van der Waals surface area contributed by atoms with Crippen molar-refractivity contribution in [2.75, 3.05) is 5.32 Å². The molecule has 94 valence electrons. The first-order valence-corrected chi connectivity index (χ1v) is 5.57. The van der Waals surface area contributed by atoms with Gasteiger partial charge in [-0.25, -0.2) is 18.7 Å². The van der Waals surface area contributed by atoms with E-state index in [4.69, 9.17) is 11.6 Å². The summed E-state index contributed by atoms with van der Waals surface area (Å²) in [5.41, 5.74) is 0.629. The summed E-state index contributed by atoms with van der Waals surface area (Å²) in [5.74, 6) is -1.06. The van der Waals surface area contributed by atoms with Crippen LogP contribution in [0.2, 0.25) is 5.15 Å². The first-order chi connectivity index (χ1) is 8.50. The van der Waals surface area contributed by atoms with Crippen molar-refractivity contribution >= 4 is 23.1 Å². The Bertz CT molecular complexity index is 602. The summed E-state index contributed by atoms with van der Waals surface area (Å²) in [5, 5.41) is 2.84. The number of hydrogen-bond donors (Lipinski definition) is 1. The molecule has 1 aromatic heterocycles. The van der Waals surface area contributed by atoms with Crippen molar-refractivity contribution in [2.45, 2.75) is 13.8 Å². The number of benzene rings is 1. The molecule has 0 aliphatic carbocycles. The summed E-state index contributed by atoms with van der Waals surface area (Å²) < 4.78 is 27.4. The van der Waals surface area contributed by atoms with E-state index in [-0.39, 0.29) is 16.7 Å². The zero-order chi connectivity index (χ0) is 13.3. The van der Waals surface area contributed by atoms with Crippen LogP contribution in [0.1, 0.15) is 11.1 Å². The van der Waals surface area contributed by atoms with Crippen molar-refractivity contribution in [3.8, 4) is 0 Å². The summed E-state index contributed by atoms with van der Waals surface area (Å²) in [6.07, 6.45) is 1.23. The zero-order valence-electron chi connectivity index (χ0n) is 9.76. The van der Waals surface area contributed by atoms with E-state index in [0.717, 1.165) is 0 Å². The Morgan fingerprint density at radius 2 is 1.89 bits per heavy atom. The fraction of sp³-hybridized carbons (Fsp3) is 0.167. The predicted octanol–water partition coefficient (Wildman–Crippen LogP) is 3.77. The highest BCUT2D eigenvalue weighted by molar-refractivity contribution is 6.30. The maximum Gasteiger partial charge on any atom is 0.152 e. The van der Waals surface area contributed by atoms with E-state index in [9.17, 15) is 8.78 Å². The smallest absolute Gasteiger partial charge is 0.152 e. The molecule has 0 amide bonds. The maximum atomic E-state index is 13.8. The van der Waals surface area contributed by atoms with Crippen molar-refractivity contribution in [1.29, 1.82) is 0 Å². The second-order valence-electron chi connectivity index (χ2n) is 3.82. The summed E-state index contributed by atoms with van der Waals surface area (Å²) in [7, 11) is 0. The standard InChI is InChI=1S/C12H10ClF2N3/c1-6-3-4-8(14)10(9(6)15)18-12-7(2)11(13)16-5-17-12/h3-5H,1-2H3,(H,16,17,18). The normalized spacial score (nSPS) is 10.5. The van der Waals surface area contributed by atoms with Crippen LogP contribution >= 0.6 is 11.6 Å². The lowest BCUT2D eigenvalue weighted by atomic mass is 10.2. The van der Waals surface area contributed by atoms with Crippen LogP contribution in [0.4, 0.5) is 20.3 Å². The monoisotopic (exact) mass is 269 g/mol. The fourth-order valence-corrected chi connectivity index (χ4v) is 1.58. The summed E-state index contributed by atoms with van der Waals surface area (Å²) in [6, 6.07) is 2.56. The molecule has 6 heteroatoms. The van der Waals surface area contributed by atoms with Crippen LogP contribution in [0.5, 0.6) is 0 Å². The molecule has 1 aromatic carbocycles. The summed E-state index contributed by atoms with van der Waals surface area (Å²) in [4.78, 5) is 7.68. The highest BCUT2D eigenvalue weighted by Crippen LogP contribution is 2.27. The van der Waals surface area contributed by atoms with Crippen molar-refractivity contribution in [2.24, 2.45) is 0 Å². The fourth-order valence-electron chi connectivity index (χ4n) is 1.44. The molecule has 0 atom stereocenters. The largest absolute Gasteiger partial charge is 0.335 e. The number of anilines is 2. The van der Waals surface area contributed by atoms with Gasteiger partial charge in [-0.2, -0.15) is 0 Å². The van der Waals surface area contributed by atoms with Crippen LogP contribution in [0.15, 0.2) is 18.5 Å². The Morgan fingerprint density at radius 1 is 1.17 bits per heavy atom. The maximum absolute atomic E-state index is 13.8. The van der Waals surface area contributed by atoms with Crippen LogP contribution in [-0.2, 0) is 0 Å². The average molecular weight is 270 g/mol. The van der Waals surface area contributed by atoms with Crippen molar-refractivity contribution < 1.29 is 8.78 Å². The van der Waals surface area contributed by atoms with Crippen molar-refractivity contribution in [1.82, 2.24) is 9.97 Å². The molecule has 0 radical (unpaired) electrons. The Balaban J connectivity index is 2.46. The van der Waals surface area contributed by atoms with E-state index < -0.39 is 11.6 Å². The third-order valence-corrected chi connectivity index (χ3v) is 2.93. The summed E-state index contributed by atoms with van der Waals surface area (Å²) >= 11 is 5.81. The van der Waals surface area contributed by atoms with Gasteiger partial charge in [-0.05, 0) is 25.5 Å². The number of aryl methyl sites for hydroxylation is 1. The number of nitrogens with zero attached hydrogens (tertiary/aromatic N) is 2. The molecule has 0 aliphatic heterocycles. The minimum Gasteiger partial charge on any atom is -0.335 e. The van der Waals surface area contributed by atoms with Gasteiger partial charge in [0.05, 0.1) is 0 Å². The Hall–Kier alpha value is -1.75. The molecule has 0 bridgehead atoms. The van der Waals surface area contributed by atoms with E-state index in [2.05, 4.69) is 15.3 Å². The van der Waals surface area contributed by atoms with Crippen LogP contribution in [0.25, 0.3) is 0 Å². The molecule has 2 rings (SSSR count). The molecule has 0 saturated heterocycles. The second-order valence-corrected chi connectivity index (χ2v) is 4.17. The Morgan fingerprint density at radius 3 is 2.61 bits per heavy atom. The van der Waals surface area contributed by atoms with Gasteiger partial charge in [0.1, 0.15) is 28.8 Å². The topological polar surface area (TPSA) is 37.8 Å². The lowest BCUT2D eigenvalue weighted by Gasteiger charge is -2.11. The van der Waals surface area contributed by atoms with Gasteiger partial charge in [0.25, 0.3) is 0 Å². The van der Waals surface area contributed by atoms with Gasteiger partial charge in [-0.1, -0.05) is 17.7 Å². The molecule has 0 aliphatic rings. The van der Waals surface area contributed by atoms with E-state index in [1.54, 1.807) is 13.8 Å². The Kier molecular flexibility index (Phi) is 3.43. The molecule has 18 heavy (non-hydrogen) atoms. The third-order valence-electron chi connectivity index (χ3n) is 2.55. The minimum atomic E-state index is -0.688. The number of aromatic nitrogens is 2. The molecule has 0 saturated carbocycles. The van der Waals surface area contributed by atoms with Gasteiger partial charge in [0, 0.05) is 5.56 Å². The quantitative estimate of drug-likeness (QED) is 0.844. The van der Waals surface area contributed by atoms with E-state index in [1.165, 1.54) is 18.5 Å². The number of halogens is 3. The molecule has 0 unspecified atom stereocenters. The molecule has 1 heterocycles. The lowest BCUT2D eigenvalue weighted by Crippen LogP contribution is -2.03. The molecule has 1 N–H and O–H groups in total. The minimum absolute atomic E-state index is 0.237. The second kappa shape index (κ2) is 4.86. The van der Waals surface area contributed by atoms with E-state index in [1.807, 2.05) is 0 Å². The van der Waals surface area contributed by atoms with E-state index >= 15 is 0 Å². The molecule has 2 aromatic rings.